The summed E-state index contributed by atoms with van der Waals surface area (Å²) in [7, 11) is 1.96. The van der Waals surface area contributed by atoms with Gasteiger partial charge in [-0.2, -0.15) is 0 Å². The number of rotatable bonds is 4. The van der Waals surface area contributed by atoms with Gasteiger partial charge in [0.2, 0.25) is 0 Å². The SMILES string of the molecule is Cn1cnnc1-c1ccccc1NCC1CCCN1. The van der Waals surface area contributed by atoms with Crippen molar-refractivity contribution in [3.63, 3.8) is 0 Å². The van der Waals surface area contributed by atoms with Crippen LogP contribution >= 0.6 is 0 Å². The molecule has 1 atom stereocenters. The van der Waals surface area contributed by atoms with Gasteiger partial charge in [-0.3, -0.25) is 0 Å². The van der Waals surface area contributed by atoms with Gasteiger partial charge < -0.3 is 15.2 Å². The number of aromatic nitrogens is 3. The van der Waals surface area contributed by atoms with E-state index in [1.807, 2.05) is 23.7 Å². The van der Waals surface area contributed by atoms with E-state index in [2.05, 4.69) is 33.0 Å². The second-order valence-corrected chi connectivity index (χ2v) is 4.99. The summed E-state index contributed by atoms with van der Waals surface area (Å²) in [5, 5.41) is 15.2. The summed E-state index contributed by atoms with van der Waals surface area (Å²) >= 11 is 0. The van der Waals surface area contributed by atoms with E-state index in [4.69, 9.17) is 0 Å². The van der Waals surface area contributed by atoms with Crippen molar-refractivity contribution in [2.45, 2.75) is 18.9 Å². The van der Waals surface area contributed by atoms with Crippen molar-refractivity contribution in [3.8, 4) is 11.4 Å². The van der Waals surface area contributed by atoms with E-state index < -0.39 is 0 Å². The molecule has 0 amide bonds. The zero-order valence-electron chi connectivity index (χ0n) is 11.1. The predicted octanol–water partition coefficient (Wildman–Crippen LogP) is 1.65. The average molecular weight is 257 g/mol. The summed E-state index contributed by atoms with van der Waals surface area (Å²) in [6.07, 6.45) is 4.25. The first-order chi connectivity index (χ1) is 9.34. The second kappa shape index (κ2) is 5.40. The largest absolute Gasteiger partial charge is 0.383 e. The van der Waals surface area contributed by atoms with Crippen LogP contribution in [0.15, 0.2) is 30.6 Å². The Morgan fingerprint density at radius 1 is 1.42 bits per heavy atom. The first-order valence-electron chi connectivity index (χ1n) is 6.75. The standard InChI is InChI=1S/C14H19N5/c1-19-10-17-18-14(19)12-6-2-3-7-13(12)16-9-11-5-4-8-15-11/h2-3,6-7,10-11,15-16H,4-5,8-9H2,1H3. The summed E-state index contributed by atoms with van der Waals surface area (Å²) in [6.45, 7) is 2.09. The Morgan fingerprint density at radius 2 is 2.32 bits per heavy atom. The van der Waals surface area contributed by atoms with Gasteiger partial charge in [-0.15, -0.1) is 10.2 Å². The van der Waals surface area contributed by atoms with E-state index in [9.17, 15) is 0 Å². The molecule has 0 spiro atoms. The quantitative estimate of drug-likeness (QED) is 0.874. The third kappa shape index (κ3) is 2.61. The molecule has 1 saturated heterocycles. The summed E-state index contributed by atoms with van der Waals surface area (Å²) in [4.78, 5) is 0. The summed E-state index contributed by atoms with van der Waals surface area (Å²) in [6, 6.07) is 8.83. The smallest absolute Gasteiger partial charge is 0.165 e. The summed E-state index contributed by atoms with van der Waals surface area (Å²) in [5.74, 6) is 0.891. The molecule has 5 heteroatoms. The van der Waals surface area contributed by atoms with Crippen LogP contribution in [0.25, 0.3) is 11.4 Å². The van der Waals surface area contributed by atoms with Crippen molar-refractivity contribution in [3.05, 3.63) is 30.6 Å². The molecule has 1 unspecified atom stereocenters. The molecule has 5 nitrogen and oxygen atoms in total. The van der Waals surface area contributed by atoms with Crippen molar-refractivity contribution >= 4 is 5.69 Å². The third-order valence-corrected chi connectivity index (χ3v) is 3.58. The normalized spacial score (nSPS) is 18.7. The van der Waals surface area contributed by atoms with Crippen LogP contribution in [0, 0.1) is 0 Å². The Hall–Kier alpha value is -1.88. The number of nitrogens with one attached hydrogen (secondary N) is 2. The van der Waals surface area contributed by atoms with Crippen LogP contribution in [0.2, 0.25) is 0 Å². The molecule has 0 bridgehead atoms. The molecule has 100 valence electrons. The Balaban J connectivity index is 1.79. The predicted molar refractivity (Wildman–Crippen MR) is 76.0 cm³/mol. The highest BCUT2D eigenvalue weighted by Crippen LogP contribution is 2.25. The van der Waals surface area contributed by atoms with E-state index >= 15 is 0 Å². The molecule has 1 aliphatic rings. The Morgan fingerprint density at radius 3 is 3.05 bits per heavy atom. The molecular weight excluding hydrogens is 238 g/mol. The first kappa shape index (κ1) is 12.2. The van der Waals surface area contributed by atoms with Gasteiger partial charge in [0.1, 0.15) is 6.33 Å². The zero-order chi connectivity index (χ0) is 13.1. The van der Waals surface area contributed by atoms with E-state index in [-0.39, 0.29) is 0 Å². The van der Waals surface area contributed by atoms with Gasteiger partial charge in [-0.25, -0.2) is 0 Å². The Kier molecular flexibility index (Phi) is 3.46. The van der Waals surface area contributed by atoms with Crippen LogP contribution in [-0.4, -0.2) is 33.9 Å². The van der Waals surface area contributed by atoms with Gasteiger partial charge in [0.25, 0.3) is 0 Å². The number of nitrogens with zero attached hydrogens (tertiary/aromatic N) is 3. The van der Waals surface area contributed by atoms with E-state index in [1.54, 1.807) is 6.33 Å². The molecule has 0 radical (unpaired) electrons. The van der Waals surface area contributed by atoms with Crippen LogP contribution < -0.4 is 10.6 Å². The molecule has 2 aromatic rings. The highest BCUT2D eigenvalue weighted by molar-refractivity contribution is 5.73. The maximum atomic E-state index is 4.18. The molecule has 1 fully saturated rings. The number of anilines is 1. The molecule has 1 aromatic carbocycles. The fourth-order valence-electron chi connectivity index (χ4n) is 2.52. The molecule has 1 aliphatic heterocycles. The minimum Gasteiger partial charge on any atom is -0.383 e. The Labute approximate surface area is 113 Å². The van der Waals surface area contributed by atoms with Crippen molar-refractivity contribution in [2.24, 2.45) is 7.05 Å². The van der Waals surface area contributed by atoms with Crippen LogP contribution in [0.4, 0.5) is 5.69 Å². The average Bonchev–Trinajstić information content (AvgIpc) is 3.08. The lowest BCUT2D eigenvalue weighted by atomic mass is 10.1. The van der Waals surface area contributed by atoms with Crippen molar-refractivity contribution < 1.29 is 0 Å². The Bertz CT molecular complexity index is 542. The van der Waals surface area contributed by atoms with Crippen LogP contribution in [0.5, 0.6) is 0 Å². The molecule has 1 aromatic heterocycles. The molecular formula is C14H19N5. The molecule has 3 rings (SSSR count). The number of para-hydroxylation sites is 1. The van der Waals surface area contributed by atoms with Crippen molar-refractivity contribution in [1.82, 2.24) is 20.1 Å². The van der Waals surface area contributed by atoms with E-state index in [1.165, 1.54) is 12.8 Å². The monoisotopic (exact) mass is 257 g/mol. The summed E-state index contributed by atoms with van der Waals surface area (Å²) < 4.78 is 1.94. The lowest BCUT2D eigenvalue weighted by Gasteiger charge is -2.15. The second-order valence-electron chi connectivity index (χ2n) is 4.99. The minimum absolute atomic E-state index is 0.576. The number of hydrogen-bond acceptors (Lipinski definition) is 4. The van der Waals surface area contributed by atoms with Gasteiger partial charge >= 0.3 is 0 Å². The number of benzene rings is 1. The van der Waals surface area contributed by atoms with Crippen molar-refractivity contribution in [2.75, 3.05) is 18.4 Å². The van der Waals surface area contributed by atoms with Gasteiger partial charge in [0.15, 0.2) is 5.82 Å². The highest BCUT2D eigenvalue weighted by Gasteiger charge is 2.15. The molecule has 0 aliphatic carbocycles. The fraction of sp³-hybridized carbons (Fsp3) is 0.429. The lowest BCUT2D eigenvalue weighted by Crippen LogP contribution is -2.29. The van der Waals surface area contributed by atoms with Crippen LogP contribution in [-0.2, 0) is 7.05 Å². The third-order valence-electron chi connectivity index (χ3n) is 3.58. The van der Waals surface area contributed by atoms with Gasteiger partial charge in [0, 0.05) is 30.9 Å². The number of aryl methyl sites for hydroxylation is 1. The van der Waals surface area contributed by atoms with Crippen LogP contribution in [0.1, 0.15) is 12.8 Å². The number of hydrogen-bond donors (Lipinski definition) is 2. The minimum atomic E-state index is 0.576. The lowest BCUT2D eigenvalue weighted by molar-refractivity contribution is 0.633. The highest BCUT2D eigenvalue weighted by atomic mass is 15.2. The maximum absolute atomic E-state index is 4.18. The van der Waals surface area contributed by atoms with E-state index in [0.717, 1.165) is 30.2 Å². The molecule has 2 N–H and O–H groups in total. The first-order valence-corrected chi connectivity index (χ1v) is 6.75. The van der Waals surface area contributed by atoms with Gasteiger partial charge in [-0.1, -0.05) is 12.1 Å². The molecule has 2 heterocycles. The molecule has 19 heavy (non-hydrogen) atoms. The molecule has 0 saturated carbocycles. The van der Waals surface area contributed by atoms with Crippen molar-refractivity contribution in [1.29, 1.82) is 0 Å². The topological polar surface area (TPSA) is 54.8 Å². The fourth-order valence-corrected chi connectivity index (χ4v) is 2.52. The van der Waals surface area contributed by atoms with Gasteiger partial charge in [-0.05, 0) is 31.5 Å². The maximum Gasteiger partial charge on any atom is 0.165 e. The van der Waals surface area contributed by atoms with Gasteiger partial charge in [0.05, 0.1) is 0 Å². The summed E-state index contributed by atoms with van der Waals surface area (Å²) in [5.41, 5.74) is 2.22. The zero-order valence-corrected chi connectivity index (χ0v) is 11.1. The van der Waals surface area contributed by atoms with E-state index in [0.29, 0.717) is 6.04 Å². The van der Waals surface area contributed by atoms with Crippen LogP contribution in [0.3, 0.4) is 0 Å².